The van der Waals surface area contributed by atoms with Gasteiger partial charge in [-0.2, -0.15) is 18.4 Å². The number of nitrogens with one attached hydrogen (secondary N) is 1. The zero-order chi connectivity index (χ0) is 24.8. The molecule has 0 fully saturated rings. The number of nitriles is 1. The molecule has 0 aliphatic carbocycles. The number of hydrogen-bond acceptors (Lipinski definition) is 7. The van der Waals surface area contributed by atoms with Crippen molar-refractivity contribution in [2.75, 3.05) is 5.32 Å². The number of ether oxygens (including phenoxy) is 1. The minimum atomic E-state index is -4.82. The molecule has 4 rings (SSSR count). The zero-order valence-corrected chi connectivity index (χ0v) is 17.2. The Bertz CT molecular complexity index is 1370. The smallest absolute Gasteiger partial charge is 0.425 e. The van der Waals surface area contributed by atoms with Crippen LogP contribution in [0.5, 0.6) is 0 Å². The van der Waals surface area contributed by atoms with E-state index < -0.39 is 53.3 Å². The first-order chi connectivity index (χ1) is 15.9. The fraction of sp³-hybridized carbons (Fsp3) is 0.238. The average Bonchev–Trinajstić information content (AvgIpc) is 2.76. The SMILES string of the molecule is CC1(c2cc(Nc3ncc(F)c4cc(C#N)cnc34)cc(F)c2F)CC(C(F)(F)F)OC(N)=N1. The Morgan fingerprint density at radius 1 is 1.15 bits per heavy atom. The summed E-state index contributed by atoms with van der Waals surface area (Å²) in [5, 5.41) is 11.6. The maximum absolute atomic E-state index is 14.7. The van der Waals surface area contributed by atoms with Crippen LogP contribution in [0.25, 0.3) is 10.9 Å². The number of amidine groups is 1. The topological polar surface area (TPSA) is 109 Å². The normalized spacial score (nSPS) is 20.4. The molecule has 2 atom stereocenters. The lowest BCUT2D eigenvalue weighted by molar-refractivity contribution is -0.208. The molecule has 0 spiro atoms. The van der Waals surface area contributed by atoms with Crippen LogP contribution in [0.4, 0.5) is 37.8 Å². The number of halogens is 6. The maximum atomic E-state index is 14.7. The Labute approximate surface area is 187 Å². The van der Waals surface area contributed by atoms with Crippen molar-refractivity contribution in [3.63, 3.8) is 0 Å². The lowest BCUT2D eigenvalue weighted by atomic mass is 9.85. The molecule has 13 heteroatoms. The highest BCUT2D eigenvalue weighted by atomic mass is 19.4. The van der Waals surface area contributed by atoms with Crippen LogP contribution in [-0.2, 0) is 10.3 Å². The largest absolute Gasteiger partial charge is 0.452 e. The van der Waals surface area contributed by atoms with Crippen molar-refractivity contribution < 1.29 is 31.1 Å². The van der Waals surface area contributed by atoms with Crippen molar-refractivity contribution in [2.24, 2.45) is 10.7 Å². The minimum absolute atomic E-state index is 0.0121. The van der Waals surface area contributed by atoms with Crippen LogP contribution in [0.15, 0.2) is 35.6 Å². The van der Waals surface area contributed by atoms with Gasteiger partial charge in [-0.05, 0) is 19.1 Å². The van der Waals surface area contributed by atoms with E-state index in [9.17, 15) is 26.3 Å². The Kier molecular flexibility index (Phi) is 5.47. The molecule has 3 aromatic rings. The third kappa shape index (κ3) is 4.14. The minimum Gasteiger partial charge on any atom is -0.452 e. The monoisotopic (exact) mass is 480 g/mol. The predicted molar refractivity (Wildman–Crippen MR) is 108 cm³/mol. The first-order valence-electron chi connectivity index (χ1n) is 9.61. The summed E-state index contributed by atoms with van der Waals surface area (Å²) in [6.45, 7) is 1.17. The lowest BCUT2D eigenvalue weighted by Gasteiger charge is -2.36. The molecule has 0 radical (unpaired) electrons. The summed E-state index contributed by atoms with van der Waals surface area (Å²) in [5.74, 6) is -3.63. The van der Waals surface area contributed by atoms with E-state index in [2.05, 4.69) is 25.0 Å². The molecule has 0 amide bonds. The van der Waals surface area contributed by atoms with Crippen molar-refractivity contribution >= 4 is 28.4 Å². The van der Waals surface area contributed by atoms with Crippen molar-refractivity contribution in [3.8, 4) is 6.07 Å². The zero-order valence-electron chi connectivity index (χ0n) is 17.2. The number of pyridine rings is 2. The summed E-state index contributed by atoms with van der Waals surface area (Å²) in [7, 11) is 0. The highest BCUT2D eigenvalue weighted by Gasteiger charge is 2.50. The summed E-state index contributed by atoms with van der Waals surface area (Å²) in [6, 6.07) is 4.03. The third-order valence-electron chi connectivity index (χ3n) is 5.24. The van der Waals surface area contributed by atoms with Gasteiger partial charge in [0, 0.05) is 35.3 Å². The standard InChI is InChI=1S/C21H14F6N6O/c1-20(5-15(21(25,26)27)34-19(29)33-20)12-3-10(4-13(22)16(12)24)32-18-17-11(14(23)8-31-18)2-9(6-28)7-30-17/h2-4,7-8,15H,5H2,1H3,(H2,29,33)(H,31,32). The van der Waals surface area contributed by atoms with Crippen molar-refractivity contribution in [1.82, 2.24) is 9.97 Å². The number of aromatic nitrogens is 2. The molecule has 1 aliphatic heterocycles. The van der Waals surface area contributed by atoms with Gasteiger partial charge in [-0.25, -0.2) is 23.1 Å². The lowest BCUT2D eigenvalue weighted by Crippen LogP contribution is -2.46. The summed E-state index contributed by atoms with van der Waals surface area (Å²) in [4.78, 5) is 11.7. The molecule has 1 aliphatic rings. The summed E-state index contributed by atoms with van der Waals surface area (Å²) in [5.41, 5.74) is 2.93. The second-order valence-corrected chi connectivity index (χ2v) is 7.71. The Morgan fingerprint density at radius 2 is 1.88 bits per heavy atom. The number of nitrogens with zero attached hydrogens (tertiary/aromatic N) is 4. The molecule has 176 valence electrons. The fourth-order valence-corrected chi connectivity index (χ4v) is 3.65. The van der Waals surface area contributed by atoms with Crippen LogP contribution >= 0.6 is 0 Å². The van der Waals surface area contributed by atoms with Crippen LogP contribution in [-0.4, -0.2) is 28.3 Å². The average molecular weight is 480 g/mol. The second kappa shape index (κ2) is 8.05. The van der Waals surface area contributed by atoms with Gasteiger partial charge >= 0.3 is 6.18 Å². The number of fused-ring (bicyclic) bond motifs is 1. The molecule has 7 nitrogen and oxygen atoms in total. The van der Waals surface area contributed by atoms with Gasteiger partial charge in [0.1, 0.15) is 11.6 Å². The first kappa shape index (κ1) is 23.1. The van der Waals surface area contributed by atoms with Gasteiger partial charge in [0.2, 0.25) is 0 Å². The number of aliphatic imine (C=N–C) groups is 1. The molecular formula is C21H14F6N6O. The summed E-state index contributed by atoms with van der Waals surface area (Å²) in [6.07, 6.45) is -6.05. The molecule has 2 unspecified atom stereocenters. The Hall–Kier alpha value is -4.08. The molecule has 1 aromatic carbocycles. The molecular weight excluding hydrogens is 466 g/mol. The Morgan fingerprint density at radius 3 is 2.56 bits per heavy atom. The number of nitrogens with two attached hydrogens (primary N) is 1. The van der Waals surface area contributed by atoms with Crippen LogP contribution in [0.1, 0.15) is 24.5 Å². The van der Waals surface area contributed by atoms with E-state index >= 15 is 0 Å². The number of benzene rings is 1. The molecule has 34 heavy (non-hydrogen) atoms. The van der Waals surface area contributed by atoms with E-state index in [1.54, 1.807) is 0 Å². The second-order valence-electron chi connectivity index (χ2n) is 7.71. The molecule has 2 aromatic heterocycles. The third-order valence-corrected chi connectivity index (χ3v) is 5.24. The molecule has 0 saturated carbocycles. The highest BCUT2D eigenvalue weighted by Crippen LogP contribution is 2.42. The van der Waals surface area contributed by atoms with Gasteiger partial charge in [-0.15, -0.1) is 0 Å². The van der Waals surface area contributed by atoms with Crippen molar-refractivity contribution in [2.45, 2.75) is 31.2 Å². The number of anilines is 2. The van der Waals surface area contributed by atoms with E-state index in [1.165, 1.54) is 19.2 Å². The van der Waals surface area contributed by atoms with Crippen LogP contribution in [0, 0.1) is 28.8 Å². The number of hydrogen-bond donors (Lipinski definition) is 2. The highest BCUT2D eigenvalue weighted by molar-refractivity contribution is 5.90. The van der Waals surface area contributed by atoms with Gasteiger partial charge in [0.05, 0.1) is 17.3 Å². The first-order valence-corrected chi connectivity index (χ1v) is 9.61. The Balaban J connectivity index is 1.79. The molecule has 3 heterocycles. The van der Waals surface area contributed by atoms with Crippen LogP contribution in [0.2, 0.25) is 0 Å². The number of alkyl halides is 3. The molecule has 3 N–H and O–H groups in total. The fourth-order valence-electron chi connectivity index (χ4n) is 3.65. The van der Waals surface area contributed by atoms with E-state index in [-0.39, 0.29) is 28.0 Å². The molecule has 0 bridgehead atoms. The molecule has 0 saturated heterocycles. The van der Waals surface area contributed by atoms with E-state index in [0.29, 0.717) is 0 Å². The van der Waals surface area contributed by atoms with Gasteiger partial charge in [0.15, 0.2) is 29.4 Å². The van der Waals surface area contributed by atoms with Crippen LogP contribution in [0.3, 0.4) is 0 Å². The summed E-state index contributed by atoms with van der Waals surface area (Å²) < 4.78 is 87.8. The van der Waals surface area contributed by atoms with Gasteiger partial charge < -0.3 is 15.8 Å². The van der Waals surface area contributed by atoms with E-state index in [0.717, 1.165) is 18.3 Å². The van der Waals surface area contributed by atoms with Crippen LogP contribution < -0.4 is 11.1 Å². The van der Waals surface area contributed by atoms with Gasteiger partial charge in [-0.3, -0.25) is 4.98 Å². The van der Waals surface area contributed by atoms with Gasteiger partial charge in [0.25, 0.3) is 6.02 Å². The van der Waals surface area contributed by atoms with Gasteiger partial charge in [-0.1, -0.05) is 0 Å². The summed E-state index contributed by atoms with van der Waals surface area (Å²) >= 11 is 0. The maximum Gasteiger partial charge on any atom is 0.425 e. The number of rotatable bonds is 3. The van der Waals surface area contributed by atoms with E-state index in [1.807, 2.05) is 6.07 Å². The quantitative estimate of drug-likeness (QED) is 0.533. The van der Waals surface area contributed by atoms with E-state index in [4.69, 9.17) is 11.0 Å². The van der Waals surface area contributed by atoms with Crippen molar-refractivity contribution in [1.29, 1.82) is 5.26 Å². The predicted octanol–water partition coefficient (Wildman–Crippen LogP) is 4.54. The van der Waals surface area contributed by atoms with Crippen molar-refractivity contribution in [3.05, 3.63) is 59.2 Å².